The second kappa shape index (κ2) is 14.2. The van der Waals surface area contributed by atoms with Crippen molar-refractivity contribution in [3.05, 3.63) is 156 Å². The molecule has 0 aliphatic carbocycles. The number of amides is 1. The van der Waals surface area contributed by atoms with E-state index in [1.54, 1.807) is 36.4 Å². The number of nitrogens with one attached hydrogen (secondary N) is 1. The fourth-order valence-electron chi connectivity index (χ4n) is 4.42. The van der Waals surface area contributed by atoms with Gasteiger partial charge >= 0.3 is 0 Å². The lowest BCUT2D eigenvalue weighted by atomic mass is 10.1. The Morgan fingerprint density at radius 3 is 2.00 bits per heavy atom. The molecule has 0 saturated carbocycles. The summed E-state index contributed by atoms with van der Waals surface area (Å²) >= 11 is 0. The fraction of sp³-hybridized carbons (Fsp3) is 0.0857. The van der Waals surface area contributed by atoms with Crippen molar-refractivity contribution in [2.45, 2.75) is 18.0 Å². The smallest absolute Gasteiger partial charge is 0.273 e. The molecule has 222 valence electrons. The van der Waals surface area contributed by atoms with Crippen LogP contribution in [0.3, 0.4) is 0 Å². The SMILES string of the molecule is COc1ccc(S(=O)(=O)N(Cc2ccccc2)c2ccccc2C(=O)N/N=C\c2ccc(OCc3ccccc3)cc2)cc1. The van der Waals surface area contributed by atoms with Crippen LogP contribution < -0.4 is 19.2 Å². The zero-order chi connectivity index (χ0) is 30.8. The molecule has 0 heterocycles. The molecule has 1 amide bonds. The normalized spacial score (nSPS) is 11.2. The van der Waals surface area contributed by atoms with Crippen molar-refractivity contribution < 1.29 is 22.7 Å². The zero-order valence-corrected chi connectivity index (χ0v) is 24.9. The van der Waals surface area contributed by atoms with Crippen molar-refractivity contribution in [2.75, 3.05) is 11.4 Å². The van der Waals surface area contributed by atoms with Gasteiger partial charge in [0.1, 0.15) is 18.1 Å². The molecule has 9 heteroatoms. The summed E-state index contributed by atoms with van der Waals surface area (Å²) in [5.41, 5.74) is 5.49. The molecule has 5 aromatic rings. The molecule has 5 rings (SSSR count). The molecule has 0 aliphatic rings. The molecule has 5 aromatic carbocycles. The lowest BCUT2D eigenvalue weighted by Crippen LogP contribution is -2.33. The van der Waals surface area contributed by atoms with E-state index < -0.39 is 15.9 Å². The van der Waals surface area contributed by atoms with Gasteiger partial charge in [-0.3, -0.25) is 9.10 Å². The third kappa shape index (κ3) is 7.50. The molecule has 0 spiro atoms. The van der Waals surface area contributed by atoms with Crippen LogP contribution in [0.5, 0.6) is 11.5 Å². The quantitative estimate of drug-likeness (QED) is 0.131. The van der Waals surface area contributed by atoms with E-state index in [2.05, 4.69) is 10.5 Å². The number of carbonyl (C=O) groups is 1. The summed E-state index contributed by atoms with van der Waals surface area (Å²) in [5.74, 6) is 0.689. The first-order valence-electron chi connectivity index (χ1n) is 13.8. The molecule has 0 bridgehead atoms. The maximum absolute atomic E-state index is 14.0. The number of benzene rings is 5. The van der Waals surface area contributed by atoms with Crippen molar-refractivity contribution in [3.8, 4) is 11.5 Å². The van der Waals surface area contributed by atoms with Gasteiger partial charge in [-0.2, -0.15) is 5.10 Å². The van der Waals surface area contributed by atoms with Crippen LogP contribution in [-0.2, 0) is 23.2 Å². The van der Waals surface area contributed by atoms with Gasteiger partial charge in [0.15, 0.2) is 0 Å². The van der Waals surface area contributed by atoms with Crippen molar-refractivity contribution in [1.29, 1.82) is 0 Å². The Morgan fingerprint density at radius 1 is 0.750 bits per heavy atom. The van der Waals surface area contributed by atoms with Gasteiger partial charge in [0.05, 0.1) is 36.0 Å². The Morgan fingerprint density at radius 2 is 1.34 bits per heavy atom. The predicted octanol–water partition coefficient (Wildman–Crippen LogP) is 6.43. The second-order valence-corrected chi connectivity index (χ2v) is 11.6. The highest BCUT2D eigenvalue weighted by molar-refractivity contribution is 7.92. The first-order valence-corrected chi connectivity index (χ1v) is 15.3. The topological polar surface area (TPSA) is 97.3 Å². The summed E-state index contributed by atoms with van der Waals surface area (Å²) < 4.78 is 40.2. The van der Waals surface area contributed by atoms with Crippen molar-refractivity contribution in [2.24, 2.45) is 5.10 Å². The third-order valence-electron chi connectivity index (χ3n) is 6.74. The Labute approximate surface area is 257 Å². The second-order valence-electron chi connectivity index (χ2n) is 9.73. The molecule has 1 N–H and O–H groups in total. The zero-order valence-electron chi connectivity index (χ0n) is 24.0. The molecule has 0 radical (unpaired) electrons. The first-order chi connectivity index (χ1) is 21.4. The van der Waals surface area contributed by atoms with E-state index in [9.17, 15) is 13.2 Å². The Kier molecular flexibility index (Phi) is 9.68. The number of rotatable bonds is 12. The van der Waals surface area contributed by atoms with Gasteiger partial charge in [0.25, 0.3) is 15.9 Å². The molecule has 0 aliphatic heterocycles. The number of nitrogens with zero attached hydrogens (tertiary/aromatic N) is 2. The van der Waals surface area contributed by atoms with E-state index in [0.717, 1.165) is 16.7 Å². The van der Waals surface area contributed by atoms with Crippen LogP contribution in [0, 0.1) is 0 Å². The summed E-state index contributed by atoms with van der Waals surface area (Å²) in [4.78, 5) is 13.4. The van der Waals surface area contributed by atoms with Crippen molar-refractivity contribution in [3.63, 3.8) is 0 Å². The van der Waals surface area contributed by atoms with Crippen LogP contribution >= 0.6 is 0 Å². The minimum absolute atomic E-state index is 0.0153. The number of sulfonamides is 1. The fourth-order valence-corrected chi connectivity index (χ4v) is 5.90. The number of methoxy groups -OCH3 is 1. The molecule has 44 heavy (non-hydrogen) atoms. The number of para-hydroxylation sites is 1. The van der Waals surface area contributed by atoms with Crippen LogP contribution in [0.15, 0.2) is 143 Å². The highest BCUT2D eigenvalue weighted by Crippen LogP contribution is 2.30. The molecule has 0 fully saturated rings. The van der Waals surface area contributed by atoms with Crippen LogP contribution in [0.2, 0.25) is 0 Å². The summed E-state index contributed by atoms with van der Waals surface area (Å²) in [6, 6.07) is 39.1. The summed E-state index contributed by atoms with van der Waals surface area (Å²) in [6.07, 6.45) is 1.51. The van der Waals surface area contributed by atoms with E-state index in [0.29, 0.717) is 18.1 Å². The summed E-state index contributed by atoms with van der Waals surface area (Å²) in [5, 5.41) is 4.12. The summed E-state index contributed by atoms with van der Waals surface area (Å²) in [6.45, 7) is 0.473. The minimum atomic E-state index is -4.08. The van der Waals surface area contributed by atoms with E-state index in [-0.39, 0.29) is 22.7 Å². The largest absolute Gasteiger partial charge is 0.497 e. The van der Waals surface area contributed by atoms with Gasteiger partial charge in [-0.15, -0.1) is 0 Å². The third-order valence-corrected chi connectivity index (χ3v) is 8.52. The highest BCUT2D eigenvalue weighted by Gasteiger charge is 2.28. The van der Waals surface area contributed by atoms with E-state index in [1.807, 2.05) is 84.9 Å². The van der Waals surface area contributed by atoms with Crippen LogP contribution in [0.25, 0.3) is 0 Å². The first kappa shape index (κ1) is 30.1. The van der Waals surface area contributed by atoms with Crippen molar-refractivity contribution >= 4 is 27.8 Å². The average molecular weight is 606 g/mol. The monoisotopic (exact) mass is 605 g/mol. The lowest BCUT2D eigenvalue weighted by Gasteiger charge is -2.26. The number of hydrazone groups is 1. The number of hydrogen-bond donors (Lipinski definition) is 1. The number of carbonyl (C=O) groups excluding carboxylic acids is 1. The summed E-state index contributed by atoms with van der Waals surface area (Å²) in [7, 11) is -2.56. The van der Waals surface area contributed by atoms with Gasteiger partial charge in [0.2, 0.25) is 0 Å². The maximum atomic E-state index is 14.0. The predicted molar refractivity (Wildman–Crippen MR) is 172 cm³/mol. The van der Waals surface area contributed by atoms with Crippen LogP contribution in [0.4, 0.5) is 5.69 Å². The molecule has 0 atom stereocenters. The van der Waals surface area contributed by atoms with Gasteiger partial charge in [-0.25, -0.2) is 13.8 Å². The Hall–Kier alpha value is -5.41. The molecular formula is C35H31N3O5S. The molecule has 0 aromatic heterocycles. The molecule has 0 saturated heterocycles. The highest BCUT2D eigenvalue weighted by atomic mass is 32.2. The van der Waals surface area contributed by atoms with Crippen LogP contribution in [0.1, 0.15) is 27.0 Å². The maximum Gasteiger partial charge on any atom is 0.273 e. The number of hydrogen-bond acceptors (Lipinski definition) is 6. The number of anilines is 1. The average Bonchev–Trinajstić information content (AvgIpc) is 3.07. The van der Waals surface area contributed by atoms with Gasteiger partial charge < -0.3 is 9.47 Å². The molecular weight excluding hydrogens is 574 g/mol. The molecule has 8 nitrogen and oxygen atoms in total. The van der Waals surface area contributed by atoms with Crippen molar-refractivity contribution in [1.82, 2.24) is 5.43 Å². The Balaban J connectivity index is 1.34. The molecule has 0 unspecified atom stereocenters. The van der Waals surface area contributed by atoms with Gasteiger partial charge in [0, 0.05) is 0 Å². The standard InChI is InChI=1S/C35H31N3O5S/c1-42-30-20-22-32(23-21-30)44(40,41)38(25-28-10-4-2-5-11-28)34-15-9-8-14-33(34)35(39)37-36-24-27-16-18-31(19-17-27)43-26-29-12-6-3-7-13-29/h2-24H,25-26H2,1H3,(H,37,39)/b36-24-. The van der Waals surface area contributed by atoms with Gasteiger partial charge in [-0.05, 0) is 77.4 Å². The number of ether oxygens (including phenoxy) is 2. The lowest BCUT2D eigenvalue weighted by molar-refractivity contribution is 0.0955. The van der Waals surface area contributed by atoms with E-state index in [1.165, 1.54) is 29.8 Å². The van der Waals surface area contributed by atoms with E-state index in [4.69, 9.17) is 9.47 Å². The minimum Gasteiger partial charge on any atom is -0.497 e. The van der Waals surface area contributed by atoms with Crippen LogP contribution in [-0.4, -0.2) is 27.6 Å². The Bertz CT molecular complexity index is 1810. The van der Waals surface area contributed by atoms with Gasteiger partial charge in [-0.1, -0.05) is 72.8 Å². The van der Waals surface area contributed by atoms with E-state index >= 15 is 0 Å².